The van der Waals surface area contributed by atoms with E-state index in [1.54, 1.807) is 7.05 Å². The maximum atomic E-state index is 14.2. The molecule has 0 saturated heterocycles. The highest BCUT2D eigenvalue weighted by molar-refractivity contribution is 5.63. The molecule has 0 saturated carbocycles. The fourth-order valence-corrected chi connectivity index (χ4v) is 2.23. The molecule has 4 heteroatoms. The van der Waals surface area contributed by atoms with E-state index >= 15 is 0 Å². The molecule has 21 heavy (non-hydrogen) atoms. The highest BCUT2D eigenvalue weighted by atomic mass is 19.1. The smallest absolute Gasteiger partial charge is 0.150 e. The summed E-state index contributed by atoms with van der Waals surface area (Å²) < 4.78 is 28.5. The van der Waals surface area contributed by atoms with Crippen LogP contribution in [0.5, 0.6) is 0 Å². The second-order valence-corrected chi connectivity index (χ2v) is 4.98. The summed E-state index contributed by atoms with van der Waals surface area (Å²) in [6, 6.07) is 12.0. The van der Waals surface area contributed by atoms with Gasteiger partial charge in [-0.2, -0.15) is 0 Å². The first-order valence-corrected chi connectivity index (χ1v) is 7.11. The van der Waals surface area contributed by atoms with Crippen LogP contribution in [0.4, 0.5) is 20.2 Å². The first-order chi connectivity index (χ1) is 10.1. The second-order valence-electron chi connectivity index (χ2n) is 4.98. The lowest BCUT2D eigenvalue weighted by Crippen LogP contribution is -2.16. The van der Waals surface area contributed by atoms with Gasteiger partial charge in [-0.05, 0) is 42.8 Å². The van der Waals surface area contributed by atoms with E-state index in [1.807, 2.05) is 37.3 Å². The molecule has 2 nitrogen and oxygen atoms in total. The van der Waals surface area contributed by atoms with Crippen LogP contribution in [0, 0.1) is 11.6 Å². The number of para-hydroxylation sites is 1. The fourth-order valence-electron chi connectivity index (χ4n) is 2.23. The van der Waals surface area contributed by atoms with E-state index in [-0.39, 0.29) is 5.69 Å². The van der Waals surface area contributed by atoms with Gasteiger partial charge in [-0.25, -0.2) is 8.78 Å². The van der Waals surface area contributed by atoms with Crippen molar-refractivity contribution in [2.24, 2.45) is 0 Å². The van der Waals surface area contributed by atoms with Crippen molar-refractivity contribution in [3.8, 4) is 0 Å². The Morgan fingerprint density at radius 1 is 1.05 bits per heavy atom. The van der Waals surface area contributed by atoms with Crippen molar-refractivity contribution in [1.82, 2.24) is 5.32 Å². The predicted molar refractivity (Wildman–Crippen MR) is 82.9 cm³/mol. The van der Waals surface area contributed by atoms with Crippen molar-refractivity contribution in [3.05, 3.63) is 59.7 Å². The quantitative estimate of drug-likeness (QED) is 0.801. The third-order valence-corrected chi connectivity index (χ3v) is 3.31. The SMILES string of the molecule is CCCNCc1cc(F)c(N(C)c2ccccc2)c(F)c1. The number of halogens is 2. The largest absolute Gasteiger partial charge is 0.340 e. The normalized spacial score (nSPS) is 10.7. The van der Waals surface area contributed by atoms with Crippen LogP contribution in [0.3, 0.4) is 0 Å². The number of hydrogen-bond acceptors (Lipinski definition) is 2. The van der Waals surface area contributed by atoms with Gasteiger partial charge in [0.05, 0.1) is 0 Å². The molecule has 112 valence electrons. The molecular formula is C17H20F2N2. The zero-order chi connectivity index (χ0) is 15.2. The van der Waals surface area contributed by atoms with Crippen LogP contribution in [0.15, 0.2) is 42.5 Å². The number of nitrogens with one attached hydrogen (secondary N) is 1. The lowest BCUT2D eigenvalue weighted by atomic mass is 10.1. The summed E-state index contributed by atoms with van der Waals surface area (Å²) in [6.07, 6.45) is 0.986. The molecule has 2 aromatic rings. The predicted octanol–water partition coefficient (Wildman–Crippen LogP) is 4.23. The van der Waals surface area contributed by atoms with E-state index in [1.165, 1.54) is 17.0 Å². The van der Waals surface area contributed by atoms with Crippen LogP contribution in [-0.4, -0.2) is 13.6 Å². The van der Waals surface area contributed by atoms with Crippen molar-refractivity contribution in [2.75, 3.05) is 18.5 Å². The van der Waals surface area contributed by atoms with E-state index < -0.39 is 11.6 Å². The Hall–Kier alpha value is -1.94. The van der Waals surface area contributed by atoms with Crippen molar-refractivity contribution in [3.63, 3.8) is 0 Å². The van der Waals surface area contributed by atoms with Crippen molar-refractivity contribution >= 4 is 11.4 Å². The number of nitrogens with zero attached hydrogens (tertiary/aromatic N) is 1. The summed E-state index contributed by atoms with van der Waals surface area (Å²) in [7, 11) is 1.66. The van der Waals surface area contributed by atoms with Crippen LogP contribution in [-0.2, 0) is 6.54 Å². The minimum absolute atomic E-state index is 0.0274. The molecule has 0 aliphatic heterocycles. The van der Waals surface area contributed by atoms with Crippen molar-refractivity contribution in [2.45, 2.75) is 19.9 Å². The minimum atomic E-state index is -0.547. The van der Waals surface area contributed by atoms with Crippen LogP contribution in [0.25, 0.3) is 0 Å². The molecule has 0 aliphatic rings. The lowest BCUT2D eigenvalue weighted by molar-refractivity contribution is 0.575. The summed E-state index contributed by atoms with van der Waals surface area (Å²) in [5.41, 5.74) is 1.33. The van der Waals surface area contributed by atoms with E-state index in [0.717, 1.165) is 18.7 Å². The third-order valence-electron chi connectivity index (χ3n) is 3.31. The van der Waals surface area contributed by atoms with Crippen LogP contribution < -0.4 is 10.2 Å². The molecule has 0 bridgehead atoms. The number of benzene rings is 2. The summed E-state index contributed by atoms with van der Waals surface area (Å²) in [5.74, 6) is -1.09. The fraction of sp³-hybridized carbons (Fsp3) is 0.294. The van der Waals surface area contributed by atoms with Gasteiger partial charge in [0.15, 0.2) is 0 Å². The average molecular weight is 290 g/mol. The molecule has 2 rings (SSSR count). The Labute approximate surface area is 124 Å². The molecule has 0 unspecified atom stereocenters. The van der Waals surface area contributed by atoms with Gasteiger partial charge in [-0.1, -0.05) is 25.1 Å². The highest BCUT2D eigenvalue weighted by Gasteiger charge is 2.16. The van der Waals surface area contributed by atoms with E-state index in [9.17, 15) is 8.78 Å². The van der Waals surface area contributed by atoms with Gasteiger partial charge in [-0.3, -0.25) is 0 Å². The zero-order valence-corrected chi connectivity index (χ0v) is 12.4. The van der Waals surface area contributed by atoms with Crippen molar-refractivity contribution in [1.29, 1.82) is 0 Å². The third kappa shape index (κ3) is 3.79. The first kappa shape index (κ1) is 15.4. The molecule has 0 heterocycles. The second kappa shape index (κ2) is 7.18. The molecule has 0 atom stereocenters. The van der Waals surface area contributed by atoms with E-state index in [0.29, 0.717) is 12.1 Å². The minimum Gasteiger partial charge on any atom is -0.340 e. The standard InChI is InChI=1S/C17H20F2N2/c1-3-9-20-12-13-10-15(18)17(16(19)11-13)21(2)14-7-5-4-6-8-14/h4-8,10-11,20H,3,9,12H2,1-2H3. The van der Waals surface area contributed by atoms with Gasteiger partial charge in [0, 0.05) is 19.3 Å². The van der Waals surface area contributed by atoms with E-state index in [2.05, 4.69) is 5.32 Å². The Bertz CT molecular complexity index is 562. The molecule has 1 N–H and O–H groups in total. The van der Waals surface area contributed by atoms with E-state index in [4.69, 9.17) is 0 Å². The van der Waals surface area contributed by atoms with Gasteiger partial charge < -0.3 is 10.2 Å². The Morgan fingerprint density at radius 2 is 1.67 bits per heavy atom. The van der Waals surface area contributed by atoms with Crippen LogP contribution in [0.2, 0.25) is 0 Å². The molecular weight excluding hydrogens is 270 g/mol. The molecule has 0 radical (unpaired) electrons. The molecule has 0 amide bonds. The summed E-state index contributed by atoms with van der Waals surface area (Å²) >= 11 is 0. The van der Waals surface area contributed by atoms with Crippen LogP contribution >= 0.6 is 0 Å². The van der Waals surface area contributed by atoms with Gasteiger partial charge in [-0.15, -0.1) is 0 Å². The number of anilines is 2. The Kier molecular flexibility index (Phi) is 5.28. The maximum Gasteiger partial charge on any atom is 0.150 e. The summed E-state index contributed by atoms with van der Waals surface area (Å²) in [5, 5.41) is 3.14. The first-order valence-electron chi connectivity index (χ1n) is 7.11. The number of hydrogen-bond donors (Lipinski definition) is 1. The summed E-state index contributed by atoms with van der Waals surface area (Å²) in [6.45, 7) is 3.35. The topological polar surface area (TPSA) is 15.3 Å². The van der Waals surface area contributed by atoms with Gasteiger partial charge in [0.25, 0.3) is 0 Å². The molecule has 0 aliphatic carbocycles. The monoisotopic (exact) mass is 290 g/mol. The highest BCUT2D eigenvalue weighted by Crippen LogP contribution is 2.29. The molecule has 0 aromatic heterocycles. The lowest BCUT2D eigenvalue weighted by Gasteiger charge is -2.21. The van der Waals surface area contributed by atoms with Crippen LogP contribution in [0.1, 0.15) is 18.9 Å². The van der Waals surface area contributed by atoms with Crippen molar-refractivity contribution < 1.29 is 8.78 Å². The van der Waals surface area contributed by atoms with Gasteiger partial charge in [0.2, 0.25) is 0 Å². The Balaban J connectivity index is 2.24. The molecule has 2 aromatic carbocycles. The Morgan fingerprint density at radius 3 is 2.24 bits per heavy atom. The number of rotatable bonds is 6. The molecule has 0 spiro atoms. The van der Waals surface area contributed by atoms with Gasteiger partial charge in [0.1, 0.15) is 17.3 Å². The zero-order valence-electron chi connectivity index (χ0n) is 12.4. The summed E-state index contributed by atoms with van der Waals surface area (Å²) in [4.78, 5) is 1.52. The van der Waals surface area contributed by atoms with Gasteiger partial charge >= 0.3 is 0 Å². The molecule has 0 fully saturated rings. The maximum absolute atomic E-state index is 14.2. The average Bonchev–Trinajstić information content (AvgIpc) is 2.47.